The van der Waals surface area contributed by atoms with E-state index in [2.05, 4.69) is 5.32 Å². The molecule has 3 aromatic carbocycles. The average Bonchev–Trinajstić information content (AvgIpc) is 2.80. The second-order valence-corrected chi connectivity index (χ2v) is 8.43. The Labute approximate surface area is 177 Å². The molecule has 0 aliphatic rings. The Morgan fingerprint density at radius 1 is 0.933 bits per heavy atom. The Kier molecular flexibility index (Phi) is 7.08. The van der Waals surface area contributed by atoms with Crippen LogP contribution >= 0.6 is 0 Å². The Hall–Kier alpha value is -3.32. The molecule has 0 spiro atoms. The highest BCUT2D eigenvalue weighted by Gasteiger charge is 2.24. The zero-order chi connectivity index (χ0) is 21.4. The lowest BCUT2D eigenvalue weighted by molar-refractivity contribution is 0.0953. The van der Waals surface area contributed by atoms with Gasteiger partial charge in [-0.1, -0.05) is 42.5 Å². The molecule has 0 atom stereocenters. The molecule has 7 heteroatoms. The number of anilines is 1. The molecular formula is C23H24N2O4S. The van der Waals surface area contributed by atoms with Crippen LogP contribution in [0.25, 0.3) is 0 Å². The maximum Gasteiger partial charge on any atom is 0.264 e. The number of methoxy groups -OCH3 is 1. The lowest BCUT2D eigenvalue weighted by Crippen LogP contribution is -2.34. The molecule has 0 saturated carbocycles. The van der Waals surface area contributed by atoms with Gasteiger partial charge in [-0.15, -0.1) is 0 Å². The van der Waals surface area contributed by atoms with E-state index < -0.39 is 10.0 Å². The molecular weight excluding hydrogens is 400 g/mol. The van der Waals surface area contributed by atoms with Crippen LogP contribution in [0.2, 0.25) is 0 Å². The van der Waals surface area contributed by atoms with Crippen LogP contribution in [-0.4, -0.2) is 34.5 Å². The number of nitrogens with one attached hydrogen (secondary N) is 1. The largest absolute Gasteiger partial charge is 0.497 e. The van der Waals surface area contributed by atoms with Crippen LogP contribution in [0.15, 0.2) is 89.8 Å². The molecule has 0 fully saturated rings. The van der Waals surface area contributed by atoms with Crippen molar-refractivity contribution < 1.29 is 17.9 Å². The first-order valence-corrected chi connectivity index (χ1v) is 11.0. The number of nitrogens with zero attached hydrogens (tertiary/aromatic N) is 1. The molecule has 0 unspecified atom stereocenters. The summed E-state index contributed by atoms with van der Waals surface area (Å²) < 4.78 is 32.9. The van der Waals surface area contributed by atoms with Gasteiger partial charge >= 0.3 is 0 Å². The second kappa shape index (κ2) is 9.93. The van der Waals surface area contributed by atoms with Gasteiger partial charge in [0.15, 0.2) is 0 Å². The number of para-hydroxylation sites is 1. The summed E-state index contributed by atoms with van der Waals surface area (Å²) in [7, 11) is -2.17. The van der Waals surface area contributed by atoms with Crippen molar-refractivity contribution in [2.75, 3.05) is 24.5 Å². The molecule has 0 bridgehead atoms. The van der Waals surface area contributed by atoms with E-state index in [4.69, 9.17) is 4.74 Å². The first-order valence-electron chi connectivity index (χ1n) is 9.57. The minimum atomic E-state index is -3.71. The predicted molar refractivity (Wildman–Crippen MR) is 117 cm³/mol. The Morgan fingerprint density at radius 3 is 2.27 bits per heavy atom. The number of hydrogen-bond acceptors (Lipinski definition) is 4. The Morgan fingerprint density at radius 2 is 1.60 bits per heavy atom. The van der Waals surface area contributed by atoms with E-state index in [-0.39, 0.29) is 17.3 Å². The summed E-state index contributed by atoms with van der Waals surface area (Å²) in [6.07, 6.45) is 0.455. The standard InChI is InChI=1S/C23H24N2O4S/c1-29-21-13-8-10-19(18-21)23(26)24-16-9-17-25(20-11-4-2-5-12-20)30(27,28)22-14-6-3-7-15-22/h2-8,10-15,18H,9,16-17H2,1H3,(H,24,26). The lowest BCUT2D eigenvalue weighted by Gasteiger charge is -2.24. The van der Waals surface area contributed by atoms with E-state index in [0.29, 0.717) is 30.0 Å². The van der Waals surface area contributed by atoms with Gasteiger partial charge in [-0.25, -0.2) is 8.42 Å². The number of amides is 1. The molecule has 30 heavy (non-hydrogen) atoms. The molecule has 0 saturated heterocycles. The van der Waals surface area contributed by atoms with Gasteiger partial charge in [-0.05, 0) is 48.9 Å². The maximum atomic E-state index is 13.2. The van der Waals surface area contributed by atoms with Crippen molar-refractivity contribution in [3.05, 3.63) is 90.5 Å². The highest BCUT2D eigenvalue weighted by atomic mass is 32.2. The van der Waals surface area contributed by atoms with Gasteiger partial charge in [0.25, 0.3) is 15.9 Å². The van der Waals surface area contributed by atoms with Crippen molar-refractivity contribution in [1.29, 1.82) is 0 Å². The number of rotatable bonds is 9. The molecule has 3 aromatic rings. The van der Waals surface area contributed by atoms with Gasteiger partial charge in [0.05, 0.1) is 17.7 Å². The summed E-state index contributed by atoms with van der Waals surface area (Å²) in [6, 6.07) is 24.2. The summed E-state index contributed by atoms with van der Waals surface area (Å²) >= 11 is 0. The monoisotopic (exact) mass is 424 g/mol. The summed E-state index contributed by atoms with van der Waals surface area (Å²) in [5, 5.41) is 2.83. The fraction of sp³-hybridized carbons (Fsp3) is 0.174. The average molecular weight is 425 g/mol. The summed E-state index contributed by atoms with van der Waals surface area (Å²) in [4.78, 5) is 12.6. The molecule has 3 rings (SSSR count). The third-order valence-electron chi connectivity index (χ3n) is 4.53. The second-order valence-electron chi connectivity index (χ2n) is 6.57. The quantitative estimate of drug-likeness (QED) is 0.532. The van der Waals surface area contributed by atoms with E-state index >= 15 is 0 Å². The molecule has 1 N–H and O–H groups in total. The van der Waals surface area contributed by atoms with Crippen molar-refractivity contribution in [2.45, 2.75) is 11.3 Å². The SMILES string of the molecule is COc1cccc(C(=O)NCCCN(c2ccccc2)S(=O)(=O)c2ccccc2)c1. The third kappa shape index (κ3) is 5.18. The van der Waals surface area contributed by atoms with Crippen LogP contribution in [-0.2, 0) is 10.0 Å². The normalized spacial score (nSPS) is 11.0. The predicted octanol–water partition coefficient (Wildman–Crippen LogP) is 3.71. The van der Waals surface area contributed by atoms with Crippen LogP contribution < -0.4 is 14.4 Å². The molecule has 0 aromatic heterocycles. The highest BCUT2D eigenvalue weighted by Crippen LogP contribution is 2.23. The number of carbonyl (C=O) groups is 1. The summed E-state index contributed by atoms with van der Waals surface area (Å²) in [5.74, 6) is 0.373. The zero-order valence-electron chi connectivity index (χ0n) is 16.7. The highest BCUT2D eigenvalue weighted by molar-refractivity contribution is 7.92. The number of benzene rings is 3. The minimum Gasteiger partial charge on any atom is -0.497 e. The van der Waals surface area contributed by atoms with Gasteiger partial charge in [-0.2, -0.15) is 0 Å². The van der Waals surface area contributed by atoms with E-state index in [0.717, 1.165) is 0 Å². The number of hydrogen-bond donors (Lipinski definition) is 1. The fourth-order valence-corrected chi connectivity index (χ4v) is 4.52. The molecule has 0 aliphatic carbocycles. The molecule has 6 nitrogen and oxygen atoms in total. The Balaban J connectivity index is 1.68. The van der Waals surface area contributed by atoms with Crippen LogP contribution in [0.4, 0.5) is 5.69 Å². The van der Waals surface area contributed by atoms with Gasteiger partial charge in [0, 0.05) is 18.7 Å². The van der Waals surface area contributed by atoms with E-state index in [1.54, 1.807) is 86.0 Å². The zero-order valence-corrected chi connectivity index (χ0v) is 17.5. The van der Waals surface area contributed by atoms with Crippen molar-refractivity contribution in [2.24, 2.45) is 0 Å². The van der Waals surface area contributed by atoms with Crippen LogP contribution in [0.5, 0.6) is 5.75 Å². The molecule has 0 heterocycles. The van der Waals surface area contributed by atoms with Crippen molar-refractivity contribution in [3.8, 4) is 5.75 Å². The number of ether oxygens (including phenoxy) is 1. The van der Waals surface area contributed by atoms with E-state index in [9.17, 15) is 13.2 Å². The third-order valence-corrected chi connectivity index (χ3v) is 6.37. The summed E-state index contributed by atoms with van der Waals surface area (Å²) in [5.41, 5.74) is 1.08. The Bertz CT molecular complexity index is 1070. The van der Waals surface area contributed by atoms with Crippen molar-refractivity contribution in [3.63, 3.8) is 0 Å². The van der Waals surface area contributed by atoms with Gasteiger partial charge in [0.1, 0.15) is 5.75 Å². The van der Waals surface area contributed by atoms with Crippen LogP contribution in [0.3, 0.4) is 0 Å². The van der Waals surface area contributed by atoms with Gasteiger partial charge in [-0.3, -0.25) is 9.10 Å². The molecule has 1 amide bonds. The van der Waals surface area contributed by atoms with Crippen LogP contribution in [0.1, 0.15) is 16.8 Å². The molecule has 0 radical (unpaired) electrons. The van der Waals surface area contributed by atoms with Crippen molar-refractivity contribution >= 4 is 21.6 Å². The van der Waals surface area contributed by atoms with E-state index in [1.807, 2.05) is 6.07 Å². The summed E-state index contributed by atoms with van der Waals surface area (Å²) in [6.45, 7) is 0.573. The number of carbonyl (C=O) groups excluding carboxylic acids is 1. The minimum absolute atomic E-state index is 0.230. The molecule has 0 aliphatic heterocycles. The first kappa shape index (κ1) is 21.4. The van der Waals surface area contributed by atoms with Gasteiger partial charge < -0.3 is 10.1 Å². The maximum absolute atomic E-state index is 13.2. The molecule has 156 valence electrons. The van der Waals surface area contributed by atoms with Gasteiger partial charge in [0.2, 0.25) is 0 Å². The fourth-order valence-electron chi connectivity index (χ4n) is 2.99. The van der Waals surface area contributed by atoms with E-state index in [1.165, 1.54) is 4.31 Å². The van der Waals surface area contributed by atoms with Crippen molar-refractivity contribution in [1.82, 2.24) is 5.32 Å². The lowest BCUT2D eigenvalue weighted by atomic mass is 10.2. The first-order chi connectivity index (χ1) is 14.5. The smallest absolute Gasteiger partial charge is 0.264 e. The topological polar surface area (TPSA) is 75.7 Å². The van der Waals surface area contributed by atoms with Crippen LogP contribution in [0, 0.1) is 0 Å². The number of sulfonamides is 1.